The lowest BCUT2D eigenvalue weighted by Crippen LogP contribution is -2.16. The molecule has 1 aromatic heterocycles. The maximum Gasteiger partial charge on any atom is 0.0537 e. The van der Waals surface area contributed by atoms with Crippen LogP contribution in [-0.2, 0) is 13.0 Å². The first-order valence-electron chi connectivity index (χ1n) is 7.57. The summed E-state index contributed by atoms with van der Waals surface area (Å²) in [5, 5.41) is 7.82. The Morgan fingerprint density at radius 3 is 2.75 bits per heavy atom. The number of hydrogen-bond acceptors (Lipinski definition) is 2. The summed E-state index contributed by atoms with van der Waals surface area (Å²) in [6.45, 7) is 3.18. The van der Waals surface area contributed by atoms with Crippen LogP contribution in [0.25, 0.3) is 0 Å². The third kappa shape index (κ3) is 4.20. The van der Waals surface area contributed by atoms with E-state index in [1.54, 1.807) is 0 Å². The molecule has 1 N–H and O–H groups in total. The average Bonchev–Trinajstić information content (AvgIpc) is 2.94. The Morgan fingerprint density at radius 1 is 1.25 bits per heavy atom. The van der Waals surface area contributed by atoms with Crippen LogP contribution in [0.1, 0.15) is 43.4 Å². The molecule has 1 atom stereocenters. The van der Waals surface area contributed by atoms with Crippen LogP contribution in [-0.4, -0.2) is 16.8 Å². The van der Waals surface area contributed by atoms with Crippen molar-refractivity contribution in [1.29, 1.82) is 0 Å². The Kier molecular flexibility index (Phi) is 5.81. The Morgan fingerprint density at radius 2 is 2.05 bits per heavy atom. The molecule has 0 aliphatic carbocycles. The number of aryl methyl sites for hydroxylation is 2. The first-order valence-corrected chi connectivity index (χ1v) is 7.57. The van der Waals surface area contributed by atoms with Crippen LogP contribution in [0.5, 0.6) is 0 Å². The van der Waals surface area contributed by atoms with Crippen molar-refractivity contribution < 1.29 is 0 Å². The van der Waals surface area contributed by atoms with Gasteiger partial charge in [0, 0.05) is 24.3 Å². The fourth-order valence-corrected chi connectivity index (χ4v) is 2.54. The molecule has 1 heterocycles. The zero-order valence-electron chi connectivity index (χ0n) is 12.5. The van der Waals surface area contributed by atoms with Gasteiger partial charge in [-0.05, 0) is 38.3 Å². The average molecular weight is 271 g/mol. The normalized spacial score (nSPS) is 12.5. The molecule has 108 valence electrons. The fourth-order valence-electron chi connectivity index (χ4n) is 2.54. The summed E-state index contributed by atoms with van der Waals surface area (Å²) in [5.41, 5.74) is 2.72. The second-order valence-electron chi connectivity index (χ2n) is 5.26. The maximum atomic E-state index is 4.42. The van der Waals surface area contributed by atoms with E-state index in [0.717, 1.165) is 25.8 Å². The number of aromatic nitrogens is 2. The van der Waals surface area contributed by atoms with Gasteiger partial charge in [0.1, 0.15) is 0 Å². The minimum absolute atomic E-state index is 0.407. The van der Waals surface area contributed by atoms with Gasteiger partial charge in [0.2, 0.25) is 0 Å². The lowest BCUT2D eigenvalue weighted by Gasteiger charge is -2.14. The Balaban J connectivity index is 1.85. The van der Waals surface area contributed by atoms with Crippen LogP contribution >= 0.6 is 0 Å². The maximum absolute atomic E-state index is 4.42. The van der Waals surface area contributed by atoms with Crippen LogP contribution in [0.15, 0.2) is 42.7 Å². The van der Waals surface area contributed by atoms with Crippen molar-refractivity contribution in [3.8, 4) is 0 Å². The molecule has 2 rings (SSSR count). The lowest BCUT2D eigenvalue weighted by atomic mass is 10.0. The van der Waals surface area contributed by atoms with Gasteiger partial charge in [-0.25, -0.2) is 0 Å². The molecule has 0 fully saturated rings. The quantitative estimate of drug-likeness (QED) is 0.795. The summed E-state index contributed by atoms with van der Waals surface area (Å²) in [4.78, 5) is 0. The van der Waals surface area contributed by atoms with E-state index in [0.29, 0.717) is 6.04 Å². The van der Waals surface area contributed by atoms with Crippen molar-refractivity contribution in [2.24, 2.45) is 0 Å². The van der Waals surface area contributed by atoms with E-state index >= 15 is 0 Å². The van der Waals surface area contributed by atoms with E-state index < -0.39 is 0 Å². The third-order valence-electron chi connectivity index (χ3n) is 3.66. The summed E-state index contributed by atoms with van der Waals surface area (Å²) >= 11 is 0. The first-order chi connectivity index (χ1) is 9.83. The largest absolute Gasteiger partial charge is 0.313 e. The van der Waals surface area contributed by atoms with Crippen LogP contribution in [0.2, 0.25) is 0 Å². The highest BCUT2D eigenvalue weighted by Crippen LogP contribution is 2.19. The van der Waals surface area contributed by atoms with Crippen LogP contribution < -0.4 is 5.32 Å². The molecule has 0 amide bonds. The molecule has 1 unspecified atom stereocenters. The van der Waals surface area contributed by atoms with E-state index in [9.17, 15) is 0 Å². The predicted molar refractivity (Wildman–Crippen MR) is 83.7 cm³/mol. The molecule has 0 radical (unpaired) electrons. The van der Waals surface area contributed by atoms with Crippen molar-refractivity contribution >= 4 is 0 Å². The molecule has 0 saturated heterocycles. The van der Waals surface area contributed by atoms with Crippen molar-refractivity contribution in [3.63, 3.8) is 0 Å². The van der Waals surface area contributed by atoms with Crippen LogP contribution in [0.3, 0.4) is 0 Å². The Bertz CT molecular complexity index is 490. The molecule has 0 saturated carbocycles. The third-order valence-corrected chi connectivity index (χ3v) is 3.66. The number of nitrogens with zero attached hydrogens (tertiary/aromatic N) is 2. The minimum atomic E-state index is 0.407. The number of benzene rings is 1. The van der Waals surface area contributed by atoms with Gasteiger partial charge in [-0.15, -0.1) is 0 Å². The van der Waals surface area contributed by atoms with Gasteiger partial charge in [-0.2, -0.15) is 5.10 Å². The predicted octanol–water partition coefficient (Wildman–Crippen LogP) is 3.58. The minimum Gasteiger partial charge on any atom is -0.313 e. The van der Waals surface area contributed by atoms with Gasteiger partial charge in [0.05, 0.1) is 6.20 Å². The van der Waals surface area contributed by atoms with E-state index in [-0.39, 0.29) is 0 Å². The van der Waals surface area contributed by atoms with Crippen molar-refractivity contribution in [2.45, 2.75) is 45.2 Å². The molecule has 1 aromatic carbocycles. The summed E-state index contributed by atoms with van der Waals surface area (Å²) in [7, 11) is 2.03. The molecule has 3 heteroatoms. The highest BCUT2D eigenvalue weighted by molar-refractivity contribution is 5.15. The van der Waals surface area contributed by atoms with Gasteiger partial charge in [0.25, 0.3) is 0 Å². The zero-order chi connectivity index (χ0) is 14.2. The van der Waals surface area contributed by atoms with Crippen molar-refractivity contribution in [2.75, 3.05) is 7.05 Å². The van der Waals surface area contributed by atoms with Crippen molar-refractivity contribution in [1.82, 2.24) is 15.1 Å². The molecule has 0 spiro atoms. The molecular formula is C17H25N3. The van der Waals surface area contributed by atoms with E-state index in [4.69, 9.17) is 0 Å². The van der Waals surface area contributed by atoms with Gasteiger partial charge in [-0.1, -0.05) is 37.3 Å². The highest BCUT2D eigenvalue weighted by atomic mass is 15.3. The summed E-state index contributed by atoms with van der Waals surface area (Å²) < 4.78 is 2.04. The van der Waals surface area contributed by atoms with Gasteiger partial charge in [0.15, 0.2) is 0 Å². The number of nitrogens with one attached hydrogen (secondary N) is 1. The second-order valence-corrected chi connectivity index (χ2v) is 5.26. The molecule has 2 aromatic rings. The molecule has 20 heavy (non-hydrogen) atoms. The second kappa shape index (κ2) is 7.85. The smallest absolute Gasteiger partial charge is 0.0537 e. The first kappa shape index (κ1) is 14.8. The van der Waals surface area contributed by atoms with Crippen LogP contribution in [0.4, 0.5) is 0 Å². The standard InChI is InChI=1S/C17H25N3/c1-3-12-20-14-16(13-19-20)17(18-2)11-7-10-15-8-5-4-6-9-15/h4-6,8-9,13-14,17-18H,3,7,10-12H2,1-2H3. The van der Waals surface area contributed by atoms with E-state index in [2.05, 4.69) is 53.9 Å². The van der Waals surface area contributed by atoms with Gasteiger partial charge in [-0.3, -0.25) is 4.68 Å². The fraction of sp³-hybridized carbons (Fsp3) is 0.471. The molecule has 0 aliphatic heterocycles. The van der Waals surface area contributed by atoms with Gasteiger partial charge >= 0.3 is 0 Å². The van der Waals surface area contributed by atoms with E-state index in [1.807, 2.05) is 17.9 Å². The summed E-state index contributed by atoms with van der Waals surface area (Å²) in [6, 6.07) is 11.1. The molecule has 0 bridgehead atoms. The highest BCUT2D eigenvalue weighted by Gasteiger charge is 2.11. The zero-order valence-corrected chi connectivity index (χ0v) is 12.5. The summed E-state index contributed by atoms with van der Waals surface area (Å²) in [6.07, 6.45) is 8.77. The molecule has 3 nitrogen and oxygen atoms in total. The summed E-state index contributed by atoms with van der Waals surface area (Å²) in [5.74, 6) is 0. The lowest BCUT2D eigenvalue weighted by molar-refractivity contribution is 0.525. The van der Waals surface area contributed by atoms with Crippen LogP contribution in [0, 0.1) is 0 Å². The SMILES string of the molecule is CCCn1cc(C(CCCc2ccccc2)NC)cn1. The Labute approximate surface area is 122 Å². The van der Waals surface area contributed by atoms with E-state index in [1.165, 1.54) is 17.5 Å². The Hall–Kier alpha value is -1.61. The molecule has 0 aliphatic rings. The number of hydrogen-bond donors (Lipinski definition) is 1. The monoisotopic (exact) mass is 271 g/mol. The molecular weight excluding hydrogens is 246 g/mol. The van der Waals surface area contributed by atoms with Gasteiger partial charge < -0.3 is 5.32 Å². The topological polar surface area (TPSA) is 29.9 Å². The van der Waals surface area contributed by atoms with Crippen molar-refractivity contribution in [3.05, 3.63) is 53.9 Å². The number of rotatable bonds is 8.